The first-order chi connectivity index (χ1) is 12.2. The molecule has 1 fully saturated rings. The lowest BCUT2D eigenvalue weighted by Gasteiger charge is -2.34. The van der Waals surface area contributed by atoms with Crippen LogP contribution >= 0.6 is 11.6 Å². The number of halogens is 2. The summed E-state index contributed by atoms with van der Waals surface area (Å²) in [5, 5.41) is 7.41. The number of carbonyl (C=O) groups is 1. The molecule has 1 aromatic heterocycles. The van der Waals surface area contributed by atoms with E-state index in [1.807, 2.05) is 0 Å². The predicted octanol–water partition coefficient (Wildman–Crippen LogP) is 1.56. The van der Waals surface area contributed by atoms with Crippen molar-refractivity contribution in [3.8, 4) is 0 Å². The summed E-state index contributed by atoms with van der Waals surface area (Å²) in [4.78, 5) is 12.7. The summed E-state index contributed by atoms with van der Waals surface area (Å²) in [7, 11) is -2.58. The molecule has 3 rings (SSSR count). The number of hydrogen-bond acceptors (Lipinski definition) is 6. The van der Waals surface area contributed by atoms with Crippen LogP contribution in [-0.2, 0) is 21.4 Å². The van der Waals surface area contributed by atoms with Gasteiger partial charge in [-0.05, 0) is 24.1 Å². The Hall–Kier alpha value is -1.88. The Kier molecular flexibility index (Phi) is 5.11. The fourth-order valence-corrected chi connectivity index (χ4v) is 4.22. The molecule has 1 aromatic carbocycles. The molecule has 0 spiro atoms. The van der Waals surface area contributed by atoms with Gasteiger partial charge in [-0.2, -0.15) is 17.4 Å². The average molecular weight is 403 g/mol. The lowest BCUT2D eigenvalue weighted by Crippen LogP contribution is -2.55. The van der Waals surface area contributed by atoms with Crippen molar-refractivity contribution in [3.63, 3.8) is 0 Å². The summed E-state index contributed by atoms with van der Waals surface area (Å²) in [5.41, 5.74) is 0.496. The van der Waals surface area contributed by atoms with Crippen molar-refractivity contribution >= 4 is 27.6 Å². The average Bonchev–Trinajstić information content (AvgIpc) is 2.99. The number of Topliss-reactive ketones (excluding diaryl/α,β-unsaturated/α-hetero) is 1. The van der Waals surface area contributed by atoms with Crippen molar-refractivity contribution < 1.29 is 22.0 Å². The molecule has 0 radical (unpaired) electrons. The number of carbonyl (C=O) groups excluding carboxylic acids is 1. The first-order valence-corrected chi connectivity index (χ1v) is 9.51. The summed E-state index contributed by atoms with van der Waals surface area (Å²) in [6.45, 7) is 1.58. The summed E-state index contributed by atoms with van der Waals surface area (Å²) < 4.78 is 46.6. The Balaban J connectivity index is 1.83. The van der Waals surface area contributed by atoms with Crippen LogP contribution in [-0.4, -0.2) is 41.8 Å². The van der Waals surface area contributed by atoms with E-state index in [1.54, 1.807) is 6.92 Å². The molecule has 2 aromatic rings. The van der Waals surface area contributed by atoms with Gasteiger partial charge in [0.05, 0.1) is 11.1 Å². The van der Waals surface area contributed by atoms with Crippen LogP contribution in [0.15, 0.2) is 22.6 Å². The van der Waals surface area contributed by atoms with Crippen LogP contribution in [0.1, 0.15) is 29.8 Å². The molecule has 8 nitrogen and oxygen atoms in total. The number of nitrogens with zero attached hydrogens (tertiary/aromatic N) is 3. The lowest BCUT2D eigenvalue weighted by molar-refractivity contribution is -0.122. The quantitative estimate of drug-likeness (QED) is 0.832. The van der Waals surface area contributed by atoms with Gasteiger partial charge in [0.2, 0.25) is 11.8 Å². The minimum Gasteiger partial charge on any atom is -0.424 e. The Morgan fingerprint density at radius 2 is 2.19 bits per heavy atom. The first-order valence-electron chi connectivity index (χ1n) is 7.69. The van der Waals surface area contributed by atoms with Crippen molar-refractivity contribution in [1.82, 2.24) is 19.2 Å². The second kappa shape index (κ2) is 7.03. The molecule has 0 saturated carbocycles. The summed E-state index contributed by atoms with van der Waals surface area (Å²) in [6, 6.07) is 2.22. The van der Waals surface area contributed by atoms with Gasteiger partial charge in [-0.3, -0.25) is 4.79 Å². The van der Waals surface area contributed by atoms with Gasteiger partial charge in [0.1, 0.15) is 11.9 Å². The smallest absolute Gasteiger partial charge is 0.280 e. The van der Waals surface area contributed by atoms with E-state index in [2.05, 4.69) is 14.9 Å². The zero-order chi connectivity index (χ0) is 19.1. The molecule has 11 heteroatoms. The highest BCUT2D eigenvalue weighted by Crippen LogP contribution is 2.28. The molecule has 1 aliphatic rings. The molecular formula is C15H16ClFN4O4S. The van der Waals surface area contributed by atoms with E-state index in [0.717, 1.165) is 10.4 Å². The van der Waals surface area contributed by atoms with Gasteiger partial charge in [0.25, 0.3) is 10.2 Å². The molecular weight excluding hydrogens is 387 g/mol. The minimum absolute atomic E-state index is 0.0832. The highest BCUT2D eigenvalue weighted by Gasteiger charge is 2.42. The number of aryl methyl sites for hydroxylation is 1. The van der Waals surface area contributed by atoms with Crippen molar-refractivity contribution in [2.75, 3.05) is 7.05 Å². The fourth-order valence-electron chi connectivity index (χ4n) is 2.76. The van der Waals surface area contributed by atoms with Gasteiger partial charge in [-0.1, -0.05) is 17.7 Å². The van der Waals surface area contributed by atoms with Gasteiger partial charge in [0, 0.05) is 20.4 Å². The third kappa shape index (κ3) is 3.78. The van der Waals surface area contributed by atoms with Crippen LogP contribution in [0.2, 0.25) is 5.02 Å². The zero-order valence-corrected chi connectivity index (χ0v) is 15.5. The number of ketones is 1. The Labute approximate surface area is 154 Å². The van der Waals surface area contributed by atoms with Crippen LogP contribution in [0.3, 0.4) is 0 Å². The normalized spacial score (nSPS) is 23.1. The SMILES string of the molecule is Cc1nnc(C2CC(C(=O)Cc3ccc(F)c(Cl)c3)N(C)S(=O)(=O)N2)o1. The monoisotopic (exact) mass is 402 g/mol. The van der Waals surface area contributed by atoms with Crippen LogP contribution in [0.5, 0.6) is 0 Å². The number of benzene rings is 1. The van der Waals surface area contributed by atoms with Gasteiger partial charge in [-0.15, -0.1) is 10.2 Å². The van der Waals surface area contributed by atoms with E-state index in [0.29, 0.717) is 11.5 Å². The summed E-state index contributed by atoms with van der Waals surface area (Å²) in [6.07, 6.45) is 0.0469. The number of hydrogen-bond donors (Lipinski definition) is 1. The van der Waals surface area contributed by atoms with Gasteiger partial charge < -0.3 is 4.42 Å². The molecule has 0 bridgehead atoms. The topological polar surface area (TPSA) is 105 Å². The zero-order valence-electron chi connectivity index (χ0n) is 13.9. The largest absolute Gasteiger partial charge is 0.424 e. The van der Waals surface area contributed by atoms with Gasteiger partial charge >= 0.3 is 0 Å². The lowest BCUT2D eigenvalue weighted by atomic mass is 9.98. The van der Waals surface area contributed by atoms with Gasteiger partial charge in [0.15, 0.2) is 5.78 Å². The van der Waals surface area contributed by atoms with Crippen molar-refractivity contribution in [1.29, 1.82) is 0 Å². The van der Waals surface area contributed by atoms with Crippen LogP contribution in [0.25, 0.3) is 0 Å². The van der Waals surface area contributed by atoms with E-state index in [9.17, 15) is 17.6 Å². The first kappa shape index (κ1) is 18.9. The van der Waals surface area contributed by atoms with Crippen molar-refractivity contribution in [2.24, 2.45) is 0 Å². The maximum Gasteiger partial charge on any atom is 0.280 e. The Bertz CT molecular complexity index is 949. The van der Waals surface area contributed by atoms with E-state index < -0.39 is 28.1 Å². The second-order valence-corrected chi connectivity index (χ2v) is 8.16. The molecule has 26 heavy (non-hydrogen) atoms. The minimum atomic E-state index is -3.90. The van der Waals surface area contributed by atoms with Crippen molar-refractivity contribution in [3.05, 3.63) is 46.4 Å². The standard InChI is InChI=1S/C15H16ClFN4O4S/c1-8-18-19-15(25-8)12-7-13(21(2)26(23,24)20-12)14(22)6-9-3-4-11(17)10(16)5-9/h3-5,12-13,20H,6-7H2,1-2H3. The second-order valence-electron chi connectivity index (χ2n) is 5.99. The van der Waals surface area contributed by atoms with Crippen LogP contribution in [0, 0.1) is 12.7 Å². The van der Waals surface area contributed by atoms with E-state index in [1.165, 1.54) is 19.2 Å². The maximum absolute atomic E-state index is 13.3. The van der Waals surface area contributed by atoms with E-state index >= 15 is 0 Å². The number of likely N-dealkylation sites (N-methyl/N-ethyl adjacent to an activating group) is 1. The fraction of sp³-hybridized carbons (Fsp3) is 0.400. The predicted molar refractivity (Wildman–Crippen MR) is 90.1 cm³/mol. The molecule has 1 aliphatic heterocycles. The van der Waals surface area contributed by atoms with Gasteiger partial charge in [-0.25, -0.2) is 4.39 Å². The molecule has 0 aliphatic carbocycles. The Morgan fingerprint density at radius 1 is 1.46 bits per heavy atom. The number of nitrogens with one attached hydrogen (secondary N) is 1. The maximum atomic E-state index is 13.3. The van der Waals surface area contributed by atoms with Crippen LogP contribution in [0.4, 0.5) is 4.39 Å². The number of aromatic nitrogens is 2. The van der Waals surface area contributed by atoms with Crippen molar-refractivity contribution in [2.45, 2.75) is 31.8 Å². The summed E-state index contributed by atoms with van der Waals surface area (Å²) >= 11 is 5.73. The molecule has 140 valence electrons. The highest BCUT2D eigenvalue weighted by molar-refractivity contribution is 7.87. The molecule has 2 heterocycles. The molecule has 2 unspecified atom stereocenters. The molecule has 1 saturated heterocycles. The van der Waals surface area contributed by atoms with E-state index in [4.69, 9.17) is 16.0 Å². The van der Waals surface area contributed by atoms with Crippen LogP contribution < -0.4 is 4.72 Å². The number of rotatable bonds is 4. The Morgan fingerprint density at radius 3 is 2.81 bits per heavy atom. The summed E-state index contributed by atoms with van der Waals surface area (Å²) in [5.74, 6) is -0.540. The molecule has 1 N–H and O–H groups in total. The third-order valence-electron chi connectivity index (χ3n) is 4.14. The molecule has 2 atom stereocenters. The third-order valence-corrected chi connectivity index (χ3v) is 6.03. The molecule has 0 amide bonds. The van der Waals surface area contributed by atoms with E-state index in [-0.39, 0.29) is 29.5 Å². The highest BCUT2D eigenvalue weighted by atomic mass is 35.5.